The summed E-state index contributed by atoms with van der Waals surface area (Å²) in [6, 6.07) is 0. The van der Waals surface area contributed by atoms with Crippen molar-refractivity contribution in [3.8, 4) is 0 Å². The molecule has 0 aromatic carbocycles. The molecule has 1 amide bonds. The molecule has 1 aliphatic heterocycles. The van der Waals surface area contributed by atoms with Crippen molar-refractivity contribution in [2.24, 2.45) is 0 Å². The Balaban J connectivity index is 2.13. The van der Waals surface area contributed by atoms with Crippen molar-refractivity contribution < 1.29 is 9.90 Å². The molecule has 2 heterocycles. The molecule has 6 nitrogen and oxygen atoms in total. The number of aliphatic hydroxyl groups excluding tert-OH is 1. The molecule has 1 aromatic rings. The first-order chi connectivity index (χ1) is 8.24. The Hall–Kier alpha value is -1.40. The molecule has 0 radical (unpaired) electrons. The molecule has 0 bridgehead atoms. The zero-order valence-electron chi connectivity index (χ0n) is 10.0. The van der Waals surface area contributed by atoms with Crippen LogP contribution in [0.1, 0.15) is 16.1 Å². The van der Waals surface area contributed by atoms with Crippen molar-refractivity contribution in [2.45, 2.75) is 13.5 Å². The van der Waals surface area contributed by atoms with E-state index in [1.54, 1.807) is 10.9 Å². The van der Waals surface area contributed by atoms with Gasteiger partial charge >= 0.3 is 0 Å². The second kappa shape index (κ2) is 5.29. The second-order valence-corrected chi connectivity index (χ2v) is 4.13. The molecule has 2 N–H and O–H groups in total. The number of aliphatic hydroxyl groups is 1. The first-order valence-corrected chi connectivity index (χ1v) is 5.87. The van der Waals surface area contributed by atoms with Crippen molar-refractivity contribution in [3.05, 3.63) is 17.5 Å². The highest BCUT2D eigenvalue weighted by atomic mass is 16.3. The smallest absolute Gasteiger partial charge is 0.257 e. The third-order valence-electron chi connectivity index (χ3n) is 3.05. The molecular formula is C11H18N4O2. The summed E-state index contributed by atoms with van der Waals surface area (Å²) in [5.74, 6) is 0.0354. The Labute approximate surface area is 100 Å². The molecule has 94 valence electrons. The molecular weight excluding hydrogens is 220 g/mol. The predicted molar refractivity (Wildman–Crippen MR) is 62.8 cm³/mol. The molecule has 1 aliphatic rings. The van der Waals surface area contributed by atoms with Crippen molar-refractivity contribution >= 4 is 5.91 Å². The van der Waals surface area contributed by atoms with Crippen LogP contribution in [0, 0.1) is 6.92 Å². The number of hydrogen-bond donors (Lipinski definition) is 2. The largest absolute Gasteiger partial charge is 0.394 e. The monoisotopic (exact) mass is 238 g/mol. The van der Waals surface area contributed by atoms with Crippen LogP contribution in [0.25, 0.3) is 0 Å². The Morgan fingerprint density at radius 3 is 2.88 bits per heavy atom. The molecule has 6 heteroatoms. The minimum atomic E-state index is 0.0315. The topological polar surface area (TPSA) is 70.4 Å². The van der Waals surface area contributed by atoms with E-state index in [0.717, 1.165) is 31.9 Å². The van der Waals surface area contributed by atoms with Crippen LogP contribution in [0.3, 0.4) is 0 Å². The summed E-state index contributed by atoms with van der Waals surface area (Å²) in [6.45, 7) is 5.49. The minimum Gasteiger partial charge on any atom is -0.394 e. The quantitative estimate of drug-likeness (QED) is 0.725. The predicted octanol–water partition coefficient (Wildman–Crippen LogP) is -0.771. The van der Waals surface area contributed by atoms with Gasteiger partial charge in [-0.25, -0.2) is 0 Å². The van der Waals surface area contributed by atoms with Crippen LogP contribution in [0.2, 0.25) is 0 Å². The van der Waals surface area contributed by atoms with E-state index < -0.39 is 0 Å². The van der Waals surface area contributed by atoms with Crippen molar-refractivity contribution in [3.63, 3.8) is 0 Å². The second-order valence-electron chi connectivity index (χ2n) is 4.13. The number of hydrogen-bond acceptors (Lipinski definition) is 4. The number of carbonyl (C=O) groups excluding carboxylic acids is 1. The van der Waals surface area contributed by atoms with Gasteiger partial charge in [0.15, 0.2) is 0 Å². The molecule has 0 atom stereocenters. The number of nitrogens with zero attached hydrogens (tertiary/aromatic N) is 3. The summed E-state index contributed by atoms with van der Waals surface area (Å²) < 4.78 is 1.66. The lowest BCUT2D eigenvalue weighted by atomic mass is 10.2. The maximum atomic E-state index is 12.2. The number of carbonyl (C=O) groups is 1. The average molecular weight is 238 g/mol. The van der Waals surface area contributed by atoms with Gasteiger partial charge in [0.1, 0.15) is 0 Å². The Kier molecular flexibility index (Phi) is 3.75. The number of rotatable bonds is 3. The number of aromatic nitrogens is 2. The van der Waals surface area contributed by atoms with Gasteiger partial charge in [-0.05, 0) is 6.92 Å². The zero-order chi connectivity index (χ0) is 12.3. The van der Waals surface area contributed by atoms with Gasteiger partial charge in [0.05, 0.1) is 24.9 Å². The van der Waals surface area contributed by atoms with Gasteiger partial charge < -0.3 is 15.3 Å². The van der Waals surface area contributed by atoms with E-state index in [9.17, 15) is 4.79 Å². The Bertz CT molecular complexity index is 396. The molecule has 0 aliphatic carbocycles. The van der Waals surface area contributed by atoms with Crippen LogP contribution in [0.5, 0.6) is 0 Å². The van der Waals surface area contributed by atoms with Crippen molar-refractivity contribution in [2.75, 3.05) is 32.8 Å². The minimum absolute atomic E-state index is 0.0315. The average Bonchev–Trinajstić information content (AvgIpc) is 2.72. The van der Waals surface area contributed by atoms with Gasteiger partial charge in [0.2, 0.25) is 0 Å². The highest BCUT2D eigenvalue weighted by Crippen LogP contribution is 2.11. The summed E-state index contributed by atoms with van der Waals surface area (Å²) >= 11 is 0. The van der Waals surface area contributed by atoms with E-state index >= 15 is 0 Å². The molecule has 0 unspecified atom stereocenters. The van der Waals surface area contributed by atoms with Gasteiger partial charge in [-0.15, -0.1) is 0 Å². The molecule has 1 fully saturated rings. The lowest BCUT2D eigenvalue weighted by molar-refractivity contribution is 0.0735. The van der Waals surface area contributed by atoms with Gasteiger partial charge in [-0.2, -0.15) is 5.10 Å². The lowest BCUT2D eigenvalue weighted by Crippen LogP contribution is -2.46. The zero-order valence-corrected chi connectivity index (χ0v) is 10.0. The van der Waals surface area contributed by atoms with Crippen molar-refractivity contribution in [1.29, 1.82) is 0 Å². The Morgan fingerprint density at radius 2 is 2.24 bits per heavy atom. The van der Waals surface area contributed by atoms with Crippen LogP contribution >= 0.6 is 0 Å². The Morgan fingerprint density at radius 1 is 1.53 bits per heavy atom. The fourth-order valence-electron chi connectivity index (χ4n) is 2.01. The van der Waals surface area contributed by atoms with Gasteiger partial charge in [-0.3, -0.25) is 9.48 Å². The molecule has 0 spiro atoms. The number of nitrogens with one attached hydrogen (secondary N) is 1. The van der Waals surface area contributed by atoms with Crippen LogP contribution in [0.4, 0.5) is 0 Å². The molecule has 17 heavy (non-hydrogen) atoms. The maximum absolute atomic E-state index is 12.2. The molecule has 2 rings (SSSR count). The molecule has 0 saturated carbocycles. The van der Waals surface area contributed by atoms with E-state index in [4.69, 9.17) is 5.11 Å². The third-order valence-corrected chi connectivity index (χ3v) is 3.05. The summed E-state index contributed by atoms with van der Waals surface area (Å²) in [7, 11) is 0. The van der Waals surface area contributed by atoms with E-state index in [-0.39, 0.29) is 12.5 Å². The van der Waals surface area contributed by atoms with E-state index in [1.807, 2.05) is 11.8 Å². The summed E-state index contributed by atoms with van der Waals surface area (Å²) in [4.78, 5) is 14.1. The lowest BCUT2D eigenvalue weighted by Gasteiger charge is -2.27. The third kappa shape index (κ3) is 2.48. The first-order valence-electron chi connectivity index (χ1n) is 5.87. The molecule has 1 saturated heterocycles. The van der Waals surface area contributed by atoms with Crippen LogP contribution in [-0.2, 0) is 6.54 Å². The standard InChI is InChI=1S/C11H18N4O2/c1-9-10(8-13-15(9)6-7-16)11(17)14-4-2-12-3-5-14/h8,12,16H,2-7H2,1H3. The number of piperazine rings is 1. The SMILES string of the molecule is Cc1c(C(=O)N2CCNCC2)cnn1CCO. The number of amides is 1. The fraction of sp³-hybridized carbons (Fsp3) is 0.636. The highest BCUT2D eigenvalue weighted by Gasteiger charge is 2.21. The summed E-state index contributed by atoms with van der Waals surface area (Å²) in [6.07, 6.45) is 1.59. The fourth-order valence-corrected chi connectivity index (χ4v) is 2.01. The summed E-state index contributed by atoms with van der Waals surface area (Å²) in [5.41, 5.74) is 1.46. The first kappa shape index (κ1) is 12.1. The van der Waals surface area contributed by atoms with E-state index in [2.05, 4.69) is 10.4 Å². The molecule has 1 aromatic heterocycles. The summed E-state index contributed by atoms with van der Waals surface area (Å²) in [5, 5.41) is 16.2. The maximum Gasteiger partial charge on any atom is 0.257 e. The van der Waals surface area contributed by atoms with E-state index in [0.29, 0.717) is 12.1 Å². The highest BCUT2D eigenvalue weighted by molar-refractivity contribution is 5.95. The van der Waals surface area contributed by atoms with Crippen LogP contribution in [0.15, 0.2) is 6.20 Å². The van der Waals surface area contributed by atoms with Gasteiger partial charge in [0, 0.05) is 31.9 Å². The van der Waals surface area contributed by atoms with Crippen LogP contribution in [-0.4, -0.2) is 58.5 Å². The van der Waals surface area contributed by atoms with Crippen molar-refractivity contribution in [1.82, 2.24) is 20.0 Å². The van der Waals surface area contributed by atoms with E-state index in [1.165, 1.54) is 0 Å². The van der Waals surface area contributed by atoms with Gasteiger partial charge in [0.25, 0.3) is 5.91 Å². The van der Waals surface area contributed by atoms with Crippen LogP contribution < -0.4 is 5.32 Å². The van der Waals surface area contributed by atoms with Gasteiger partial charge in [-0.1, -0.05) is 0 Å². The normalized spacial score (nSPS) is 16.2.